The molecule has 0 fully saturated rings. The average Bonchev–Trinajstić information content (AvgIpc) is 2.96. The zero-order chi connectivity index (χ0) is 28.1. The average molecular weight is 559 g/mol. The van der Waals surface area contributed by atoms with E-state index < -0.39 is 0 Å². The van der Waals surface area contributed by atoms with E-state index >= 15 is 0 Å². The Morgan fingerprint density at radius 1 is 0.410 bits per heavy atom. The van der Waals surface area contributed by atoms with Crippen LogP contribution < -0.4 is 9.47 Å². The molecule has 0 bridgehead atoms. The van der Waals surface area contributed by atoms with Gasteiger partial charge in [0.2, 0.25) is 0 Å². The van der Waals surface area contributed by atoms with E-state index in [0.717, 1.165) is 36.2 Å². The smallest absolute Gasteiger partial charge is 0.119 e. The summed E-state index contributed by atoms with van der Waals surface area (Å²) in [5.74, 6) is 1.92. The third-order valence-corrected chi connectivity index (χ3v) is 7.34. The number of halogens is 1. The second-order valence-corrected chi connectivity index (χ2v) is 11.3. The van der Waals surface area contributed by atoms with Crippen molar-refractivity contribution in [3.05, 3.63) is 59.6 Å². The molecule has 2 rings (SSSR count). The van der Waals surface area contributed by atoms with Crippen LogP contribution in [0.3, 0.4) is 0 Å². The standard InChI is InChI=1S/C18H29ClO.C18H30O/c1-2-3-4-5-6-7-8-9-10-11-16-20-18-14-12-17(19)13-15-18;1-2-3-4-5-6-7-8-9-10-14-17-19-18-15-12-11-13-16-18/h12-15H,2-11,16H2,1H3;11-13,15-16H,2-10,14,17H2,1H3. The predicted molar refractivity (Wildman–Crippen MR) is 173 cm³/mol. The Labute approximate surface area is 247 Å². The molecule has 0 N–H and O–H groups in total. The molecule has 0 atom stereocenters. The summed E-state index contributed by atoms with van der Waals surface area (Å²) in [6.07, 6.45) is 27.3. The number of hydrogen-bond acceptors (Lipinski definition) is 2. The van der Waals surface area contributed by atoms with Gasteiger partial charge in [-0.05, 0) is 49.2 Å². The van der Waals surface area contributed by atoms with E-state index in [1.54, 1.807) is 0 Å². The van der Waals surface area contributed by atoms with Gasteiger partial charge in [0.25, 0.3) is 0 Å². The SMILES string of the molecule is CCCCCCCCCCCCOc1ccc(Cl)cc1.CCCCCCCCCCCCOc1ccccc1. The van der Waals surface area contributed by atoms with Crippen LogP contribution >= 0.6 is 11.6 Å². The highest BCUT2D eigenvalue weighted by Gasteiger charge is 1.96. The fourth-order valence-corrected chi connectivity index (χ4v) is 4.73. The van der Waals surface area contributed by atoms with Gasteiger partial charge in [-0.3, -0.25) is 0 Å². The highest BCUT2D eigenvalue weighted by molar-refractivity contribution is 6.30. The van der Waals surface area contributed by atoms with Crippen LogP contribution in [-0.4, -0.2) is 13.2 Å². The Morgan fingerprint density at radius 3 is 1.13 bits per heavy atom. The molecule has 0 saturated carbocycles. The van der Waals surface area contributed by atoms with Crippen LogP contribution in [0.1, 0.15) is 142 Å². The minimum Gasteiger partial charge on any atom is -0.494 e. The third-order valence-electron chi connectivity index (χ3n) is 7.09. The first kappa shape index (κ1) is 35.4. The summed E-state index contributed by atoms with van der Waals surface area (Å²) in [4.78, 5) is 0. The molecule has 0 saturated heterocycles. The lowest BCUT2D eigenvalue weighted by atomic mass is 10.1. The summed E-state index contributed by atoms with van der Waals surface area (Å²) in [6.45, 7) is 6.22. The zero-order valence-electron chi connectivity index (χ0n) is 25.4. The molecule has 2 nitrogen and oxygen atoms in total. The number of hydrogen-bond donors (Lipinski definition) is 0. The largest absolute Gasteiger partial charge is 0.494 e. The predicted octanol–water partition coefficient (Wildman–Crippen LogP) is 12.6. The summed E-state index contributed by atoms with van der Waals surface area (Å²) < 4.78 is 11.4. The van der Waals surface area contributed by atoms with Crippen molar-refractivity contribution in [2.45, 2.75) is 142 Å². The topological polar surface area (TPSA) is 18.5 Å². The molecule has 0 aliphatic carbocycles. The maximum atomic E-state index is 5.83. The molecule has 2 aromatic carbocycles. The van der Waals surface area contributed by atoms with E-state index in [0.29, 0.717) is 0 Å². The normalized spacial score (nSPS) is 10.6. The summed E-state index contributed by atoms with van der Waals surface area (Å²) >= 11 is 5.83. The van der Waals surface area contributed by atoms with Crippen molar-refractivity contribution in [1.82, 2.24) is 0 Å². The Morgan fingerprint density at radius 2 is 0.744 bits per heavy atom. The molecule has 0 aliphatic heterocycles. The molecule has 0 heterocycles. The number of unbranched alkanes of at least 4 members (excludes halogenated alkanes) is 18. The van der Waals surface area contributed by atoms with Crippen LogP contribution in [0, 0.1) is 0 Å². The lowest BCUT2D eigenvalue weighted by molar-refractivity contribution is 0.304. The van der Waals surface area contributed by atoms with Gasteiger partial charge in [-0.2, -0.15) is 0 Å². The Balaban J connectivity index is 0.000000391. The van der Waals surface area contributed by atoms with Gasteiger partial charge in [0, 0.05) is 5.02 Å². The highest BCUT2D eigenvalue weighted by atomic mass is 35.5. The van der Waals surface area contributed by atoms with Crippen molar-refractivity contribution >= 4 is 11.6 Å². The van der Waals surface area contributed by atoms with Gasteiger partial charge in [-0.1, -0.05) is 159 Å². The van der Waals surface area contributed by atoms with Gasteiger partial charge in [0.05, 0.1) is 13.2 Å². The highest BCUT2D eigenvalue weighted by Crippen LogP contribution is 2.16. The summed E-state index contributed by atoms with van der Waals surface area (Å²) in [6, 6.07) is 17.7. The van der Waals surface area contributed by atoms with Gasteiger partial charge in [0.1, 0.15) is 11.5 Å². The van der Waals surface area contributed by atoms with Gasteiger partial charge in [-0.15, -0.1) is 0 Å². The summed E-state index contributed by atoms with van der Waals surface area (Å²) in [7, 11) is 0. The van der Waals surface area contributed by atoms with Crippen molar-refractivity contribution in [2.75, 3.05) is 13.2 Å². The lowest BCUT2D eigenvalue weighted by Crippen LogP contribution is -1.96. The quantitative estimate of drug-likeness (QED) is 0.119. The minimum absolute atomic E-state index is 0.760. The van der Waals surface area contributed by atoms with Crippen LogP contribution in [0.2, 0.25) is 5.02 Å². The molecule has 0 radical (unpaired) electrons. The van der Waals surface area contributed by atoms with Gasteiger partial charge in [0.15, 0.2) is 0 Å². The Kier molecular flexibility index (Phi) is 25.3. The van der Waals surface area contributed by atoms with Crippen molar-refractivity contribution in [3.8, 4) is 11.5 Å². The second kappa shape index (κ2) is 27.9. The number of ether oxygens (including phenoxy) is 2. The van der Waals surface area contributed by atoms with E-state index in [4.69, 9.17) is 21.1 Å². The molecule has 3 heteroatoms. The summed E-state index contributed by atoms with van der Waals surface area (Å²) in [5, 5.41) is 0.760. The van der Waals surface area contributed by atoms with Gasteiger partial charge in [-0.25, -0.2) is 0 Å². The first-order chi connectivity index (χ1) is 19.3. The molecule has 0 unspecified atom stereocenters. The van der Waals surface area contributed by atoms with Crippen LogP contribution in [0.5, 0.6) is 11.5 Å². The molecule has 0 spiro atoms. The van der Waals surface area contributed by atoms with Crippen LogP contribution in [0.4, 0.5) is 0 Å². The number of rotatable bonds is 24. The maximum Gasteiger partial charge on any atom is 0.119 e. The third kappa shape index (κ3) is 23.9. The molecule has 2 aromatic rings. The van der Waals surface area contributed by atoms with Gasteiger partial charge < -0.3 is 9.47 Å². The van der Waals surface area contributed by atoms with Crippen LogP contribution in [0.15, 0.2) is 54.6 Å². The van der Waals surface area contributed by atoms with E-state index in [-0.39, 0.29) is 0 Å². The lowest BCUT2D eigenvalue weighted by Gasteiger charge is -2.06. The second-order valence-electron chi connectivity index (χ2n) is 10.8. The molecule has 39 heavy (non-hydrogen) atoms. The Bertz CT molecular complexity index is 731. The van der Waals surface area contributed by atoms with E-state index in [9.17, 15) is 0 Å². The maximum absolute atomic E-state index is 5.83. The minimum atomic E-state index is 0.760. The van der Waals surface area contributed by atoms with E-state index in [2.05, 4.69) is 13.8 Å². The van der Waals surface area contributed by atoms with E-state index in [1.165, 1.54) is 122 Å². The molecule has 0 aliphatic rings. The molecule has 0 aromatic heterocycles. The molecular weight excluding hydrogens is 500 g/mol. The van der Waals surface area contributed by atoms with E-state index in [1.807, 2.05) is 54.6 Å². The monoisotopic (exact) mass is 558 g/mol. The zero-order valence-corrected chi connectivity index (χ0v) is 26.2. The van der Waals surface area contributed by atoms with Crippen molar-refractivity contribution in [1.29, 1.82) is 0 Å². The van der Waals surface area contributed by atoms with Crippen molar-refractivity contribution in [2.24, 2.45) is 0 Å². The first-order valence-corrected chi connectivity index (χ1v) is 16.7. The fraction of sp³-hybridized carbons (Fsp3) is 0.667. The van der Waals surface area contributed by atoms with Gasteiger partial charge >= 0.3 is 0 Å². The molecule has 0 amide bonds. The van der Waals surface area contributed by atoms with Crippen molar-refractivity contribution < 1.29 is 9.47 Å². The Hall–Kier alpha value is -1.67. The number of para-hydroxylation sites is 1. The fourth-order valence-electron chi connectivity index (χ4n) is 4.61. The number of benzene rings is 2. The summed E-state index contributed by atoms with van der Waals surface area (Å²) in [5.41, 5.74) is 0. The first-order valence-electron chi connectivity index (χ1n) is 16.3. The van der Waals surface area contributed by atoms with Crippen molar-refractivity contribution in [3.63, 3.8) is 0 Å². The molecule has 222 valence electrons. The molecular formula is C36H59ClO2. The van der Waals surface area contributed by atoms with Crippen LogP contribution in [0.25, 0.3) is 0 Å². The van der Waals surface area contributed by atoms with Crippen LogP contribution in [-0.2, 0) is 0 Å².